The zero-order chi connectivity index (χ0) is 17.2. The zero-order valence-corrected chi connectivity index (χ0v) is 15.5. The van der Waals surface area contributed by atoms with Gasteiger partial charge in [-0.25, -0.2) is 0 Å². The Kier molecular flexibility index (Phi) is 7.89. The highest BCUT2D eigenvalue weighted by atomic mass is 15.2. The number of guanidine groups is 1. The summed E-state index contributed by atoms with van der Waals surface area (Å²) in [5, 5.41) is 7.01. The number of piperidine rings is 1. The van der Waals surface area contributed by atoms with Crippen LogP contribution in [0.4, 0.5) is 5.69 Å². The molecule has 0 amide bonds. The van der Waals surface area contributed by atoms with E-state index in [1.165, 1.54) is 44.6 Å². The SMILES string of the molecule is CCCN1CCC(NC(=NC)NCCN(C)c2ccccc2)CC1. The molecule has 1 aliphatic heterocycles. The predicted octanol–water partition coefficient (Wildman–Crippen LogP) is 2.16. The number of nitrogens with zero attached hydrogens (tertiary/aromatic N) is 3. The Morgan fingerprint density at radius 1 is 1.25 bits per heavy atom. The van der Waals surface area contributed by atoms with Crippen molar-refractivity contribution in [2.24, 2.45) is 4.99 Å². The van der Waals surface area contributed by atoms with Gasteiger partial charge >= 0.3 is 0 Å². The first-order valence-electron chi connectivity index (χ1n) is 9.18. The summed E-state index contributed by atoms with van der Waals surface area (Å²) < 4.78 is 0. The van der Waals surface area contributed by atoms with E-state index in [2.05, 4.69) is 63.7 Å². The molecule has 24 heavy (non-hydrogen) atoms. The average Bonchev–Trinajstić information content (AvgIpc) is 2.63. The van der Waals surface area contributed by atoms with Crippen molar-refractivity contribution >= 4 is 11.6 Å². The molecule has 1 aromatic rings. The molecule has 2 rings (SSSR count). The Balaban J connectivity index is 1.68. The Morgan fingerprint density at radius 2 is 1.96 bits per heavy atom. The number of likely N-dealkylation sites (N-methyl/N-ethyl adjacent to an activating group) is 1. The summed E-state index contributed by atoms with van der Waals surface area (Å²) in [7, 11) is 3.97. The van der Waals surface area contributed by atoms with Gasteiger partial charge in [0, 0.05) is 52.0 Å². The van der Waals surface area contributed by atoms with E-state index >= 15 is 0 Å². The fourth-order valence-corrected chi connectivity index (χ4v) is 3.16. The molecule has 1 fully saturated rings. The van der Waals surface area contributed by atoms with Gasteiger partial charge in [-0.15, -0.1) is 0 Å². The van der Waals surface area contributed by atoms with Gasteiger partial charge in [0.25, 0.3) is 0 Å². The molecule has 1 aliphatic rings. The third-order valence-electron chi connectivity index (χ3n) is 4.63. The number of para-hydroxylation sites is 1. The van der Waals surface area contributed by atoms with Gasteiger partial charge < -0.3 is 20.4 Å². The van der Waals surface area contributed by atoms with Gasteiger partial charge in [-0.05, 0) is 37.9 Å². The van der Waals surface area contributed by atoms with Gasteiger partial charge in [0.15, 0.2) is 5.96 Å². The minimum atomic E-state index is 0.538. The van der Waals surface area contributed by atoms with Gasteiger partial charge in [-0.2, -0.15) is 0 Å². The van der Waals surface area contributed by atoms with Gasteiger partial charge in [-0.3, -0.25) is 4.99 Å². The van der Waals surface area contributed by atoms with Crippen LogP contribution in [0.1, 0.15) is 26.2 Å². The van der Waals surface area contributed by atoms with Crippen molar-refractivity contribution in [1.29, 1.82) is 0 Å². The van der Waals surface area contributed by atoms with Crippen molar-refractivity contribution in [2.45, 2.75) is 32.2 Å². The molecule has 0 spiro atoms. The molecule has 0 unspecified atom stereocenters. The summed E-state index contributed by atoms with van der Waals surface area (Å²) in [6, 6.07) is 11.0. The Hall–Kier alpha value is -1.75. The minimum Gasteiger partial charge on any atom is -0.373 e. The molecule has 0 aromatic heterocycles. The number of likely N-dealkylation sites (tertiary alicyclic amines) is 1. The first-order valence-corrected chi connectivity index (χ1v) is 9.18. The van der Waals surface area contributed by atoms with Crippen LogP contribution >= 0.6 is 0 Å². The summed E-state index contributed by atoms with van der Waals surface area (Å²) in [5.74, 6) is 0.922. The number of anilines is 1. The van der Waals surface area contributed by atoms with Crippen molar-refractivity contribution in [3.63, 3.8) is 0 Å². The van der Waals surface area contributed by atoms with E-state index in [9.17, 15) is 0 Å². The minimum absolute atomic E-state index is 0.538. The van der Waals surface area contributed by atoms with Gasteiger partial charge in [-0.1, -0.05) is 25.1 Å². The van der Waals surface area contributed by atoms with Crippen molar-refractivity contribution in [3.8, 4) is 0 Å². The maximum Gasteiger partial charge on any atom is 0.191 e. The summed E-state index contributed by atoms with van der Waals surface area (Å²) in [5.41, 5.74) is 1.24. The van der Waals surface area contributed by atoms with Gasteiger partial charge in [0.1, 0.15) is 0 Å². The number of benzene rings is 1. The smallest absolute Gasteiger partial charge is 0.191 e. The van der Waals surface area contributed by atoms with E-state index in [4.69, 9.17) is 0 Å². The Bertz CT molecular complexity index is 480. The zero-order valence-electron chi connectivity index (χ0n) is 15.5. The molecule has 134 valence electrons. The van der Waals surface area contributed by atoms with E-state index in [0.29, 0.717) is 6.04 Å². The highest BCUT2D eigenvalue weighted by Gasteiger charge is 2.19. The van der Waals surface area contributed by atoms with Crippen LogP contribution in [-0.4, -0.2) is 63.7 Å². The van der Waals surface area contributed by atoms with Crippen LogP contribution in [0.25, 0.3) is 0 Å². The predicted molar refractivity (Wildman–Crippen MR) is 104 cm³/mol. The molecule has 0 saturated carbocycles. The van der Waals surface area contributed by atoms with Crippen molar-refractivity contribution in [1.82, 2.24) is 15.5 Å². The molecule has 1 aromatic carbocycles. The van der Waals surface area contributed by atoms with E-state index in [-0.39, 0.29) is 0 Å². The normalized spacial score (nSPS) is 16.9. The molecule has 5 nitrogen and oxygen atoms in total. The molecule has 5 heteroatoms. The lowest BCUT2D eigenvalue weighted by Gasteiger charge is -2.33. The molecule has 0 bridgehead atoms. The molecule has 2 N–H and O–H groups in total. The van der Waals surface area contributed by atoms with Gasteiger partial charge in [0.2, 0.25) is 0 Å². The number of aliphatic imine (C=N–C) groups is 1. The van der Waals surface area contributed by atoms with Crippen LogP contribution in [0, 0.1) is 0 Å². The first-order chi connectivity index (χ1) is 11.7. The molecule has 0 radical (unpaired) electrons. The lowest BCUT2D eigenvalue weighted by atomic mass is 10.1. The van der Waals surface area contributed by atoms with Crippen LogP contribution < -0.4 is 15.5 Å². The number of hydrogen-bond donors (Lipinski definition) is 2. The molecule has 1 heterocycles. The average molecular weight is 332 g/mol. The fraction of sp³-hybridized carbons (Fsp3) is 0.632. The molecular formula is C19H33N5. The highest BCUT2D eigenvalue weighted by Crippen LogP contribution is 2.11. The standard InChI is InChI=1S/C19H33N5/c1-4-13-24-14-10-17(11-15-24)22-19(20-2)21-12-16-23(3)18-8-6-5-7-9-18/h5-9,17H,4,10-16H2,1-3H3,(H2,20,21,22). The fourth-order valence-electron chi connectivity index (χ4n) is 3.16. The lowest BCUT2D eigenvalue weighted by Crippen LogP contribution is -2.49. The number of hydrogen-bond acceptors (Lipinski definition) is 3. The number of nitrogens with one attached hydrogen (secondary N) is 2. The third-order valence-corrected chi connectivity index (χ3v) is 4.63. The second kappa shape index (κ2) is 10.2. The quantitative estimate of drug-likeness (QED) is 0.594. The number of rotatable bonds is 7. The van der Waals surface area contributed by atoms with Crippen LogP contribution in [0.5, 0.6) is 0 Å². The maximum absolute atomic E-state index is 4.37. The lowest BCUT2D eigenvalue weighted by molar-refractivity contribution is 0.206. The van der Waals surface area contributed by atoms with E-state index in [1.807, 2.05) is 13.1 Å². The second-order valence-corrected chi connectivity index (χ2v) is 6.52. The van der Waals surface area contributed by atoms with Gasteiger partial charge in [0.05, 0.1) is 0 Å². The van der Waals surface area contributed by atoms with Crippen LogP contribution in [-0.2, 0) is 0 Å². The molecule has 1 saturated heterocycles. The van der Waals surface area contributed by atoms with E-state index in [1.54, 1.807) is 0 Å². The summed E-state index contributed by atoms with van der Waals surface area (Å²) >= 11 is 0. The molecule has 0 aliphatic carbocycles. The monoisotopic (exact) mass is 331 g/mol. The largest absolute Gasteiger partial charge is 0.373 e. The first kappa shape index (κ1) is 18.6. The van der Waals surface area contributed by atoms with Crippen molar-refractivity contribution in [3.05, 3.63) is 30.3 Å². The van der Waals surface area contributed by atoms with E-state index < -0.39 is 0 Å². The Morgan fingerprint density at radius 3 is 2.58 bits per heavy atom. The van der Waals surface area contributed by atoms with E-state index in [0.717, 1.165) is 19.0 Å². The Labute approximate surface area is 147 Å². The second-order valence-electron chi connectivity index (χ2n) is 6.52. The van der Waals surface area contributed by atoms with Crippen molar-refractivity contribution < 1.29 is 0 Å². The third kappa shape index (κ3) is 6.04. The maximum atomic E-state index is 4.37. The summed E-state index contributed by atoms with van der Waals surface area (Å²) in [6.07, 6.45) is 3.64. The van der Waals surface area contributed by atoms with Crippen LogP contribution in [0.15, 0.2) is 35.3 Å². The summed E-state index contributed by atoms with van der Waals surface area (Å²) in [4.78, 5) is 9.18. The summed E-state index contributed by atoms with van der Waals surface area (Å²) in [6.45, 7) is 7.69. The van der Waals surface area contributed by atoms with Crippen molar-refractivity contribution in [2.75, 3.05) is 51.7 Å². The van der Waals surface area contributed by atoms with Crippen LogP contribution in [0.2, 0.25) is 0 Å². The highest BCUT2D eigenvalue weighted by molar-refractivity contribution is 5.80. The van der Waals surface area contributed by atoms with Crippen LogP contribution in [0.3, 0.4) is 0 Å². The molecular weight excluding hydrogens is 298 g/mol. The topological polar surface area (TPSA) is 42.9 Å². The molecule has 0 atom stereocenters.